The van der Waals surface area contributed by atoms with Crippen molar-refractivity contribution in [3.8, 4) is 11.5 Å². The summed E-state index contributed by atoms with van der Waals surface area (Å²) in [5.41, 5.74) is 1.74. The zero-order valence-electron chi connectivity index (χ0n) is 19.3. The van der Waals surface area contributed by atoms with E-state index in [1.54, 1.807) is 13.0 Å². The number of carbonyl (C=O) groups excluding carboxylic acids is 2. The molecule has 1 amide bonds. The summed E-state index contributed by atoms with van der Waals surface area (Å²) in [5, 5.41) is 0.665. The standard InChI is InChI=1S/C25H25BrClNO5S2/c1-3-31-20-13-17(12-19(26)23(20)33-15-16-7-9-18(27)10-8-16)14-21-24(30)28(25(34)35-21)11-5-6-22(29)32-4-2/h7-10,12-14H,3-6,11,15H2,1-2H3/b21-14-. The third-order valence-electron chi connectivity index (χ3n) is 4.87. The van der Waals surface area contributed by atoms with Crippen LogP contribution in [0.5, 0.6) is 11.5 Å². The number of hydrogen-bond donors (Lipinski definition) is 0. The zero-order chi connectivity index (χ0) is 25.4. The quantitative estimate of drug-likeness (QED) is 0.164. The first-order valence-corrected chi connectivity index (χ1v) is 13.5. The number of hydrogen-bond acceptors (Lipinski definition) is 7. The van der Waals surface area contributed by atoms with E-state index in [4.69, 9.17) is 38.0 Å². The normalized spacial score (nSPS) is 14.5. The van der Waals surface area contributed by atoms with Crippen molar-refractivity contribution < 1.29 is 23.8 Å². The summed E-state index contributed by atoms with van der Waals surface area (Å²) in [4.78, 5) is 26.5. The first kappa shape index (κ1) is 27.5. The molecule has 0 bridgehead atoms. The fourth-order valence-electron chi connectivity index (χ4n) is 3.27. The minimum absolute atomic E-state index is 0.180. The Hall–Kier alpha value is -2.07. The van der Waals surface area contributed by atoms with Gasteiger partial charge in [-0.2, -0.15) is 0 Å². The lowest BCUT2D eigenvalue weighted by molar-refractivity contribution is -0.143. The van der Waals surface area contributed by atoms with Crippen molar-refractivity contribution in [1.82, 2.24) is 4.90 Å². The molecule has 0 spiro atoms. The highest BCUT2D eigenvalue weighted by molar-refractivity contribution is 9.10. The molecule has 0 aromatic heterocycles. The number of nitrogens with zero attached hydrogens (tertiary/aromatic N) is 1. The van der Waals surface area contributed by atoms with Gasteiger partial charge in [-0.3, -0.25) is 14.5 Å². The molecule has 6 nitrogen and oxygen atoms in total. The Morgan fingerprint density at radius 2 is 1.91 bits per heavy atom. The predicted molar refractivity (Wildman–Crippen MR) is 147 cm³/mol. The average Bonchev–Trinajstić information content (AvgIpc) is 3.07. The molecule has 1 heterocycles. The fraction of sp³-hybridized carbons (Fsp3) is 0.320. The van der Waals surface area contributed by atoms with Gasteiger partial charge in [-0.1, -0.05) is 47.7 Å². The van der Waals surface area contributed by atoms with E-state index in [2.05, 4.69) is 15.9 Å². The minimum Gasteiger partial charge on any atom is -0.490 e. The number of carbonyl (C=O) groups is 2. The smallest absolute Gasteiger partial charge is 0.305 e. The molecule has 3 rings (SSSR count). The maximum Gasteiger partial charge on any atom is 0.305 e. The molecule has 186 valence electrons. The van der Waals surface area contributed by atoms with Crippen LogP contribution in [0.15, 0.2) is 45.8 Å². The summed E-state index contributed by atoms with van der Waals surface area (Å²) in [7, 11) is 0. The number of halogens is 2. The van der Waals surface area contributed by atoms with Gasteiger partial charge in [0.25, 0.3) is 5.91 Å². The van der Waals surface area contributed by atoms with E-state index in [0.29, 0.717) is 63.0 Å². The first-order chi connectivity index (χ1) is 16.8. The highest BCUT2D eigenvalue weighted by Gasteiger charge is 2.31. The molecule has 1 aliphatic rings. The van der Waals surface area contributed by atoms with Crippen LogP contribution in [-0.4, -0.2) is 40.9 Å². The fourth-order valence-corrected chi connectivity index (χ4v) is 5.28. The topological polar surface area (TPSA) is 65.1 Å². The van der Waals surface area contributed by atoms with E-state index in [1.165, 1.54) is 16.7 Å². The van der Waals surface area contributed by atoms with E-state index in [1.807, 2.05) is 43.3 Å². The van der Waals surface area contributed by atoms with Gasteiger partial charge in [-0.05, 0) is 77.7 Å². The van der Waals surface area contributed by atoms with Crippen LogP contribution in [0, 0.1) is 0 Å². The van der Waals surface area contributed by atoms with Crippen LogP contribution >= 0.6 is 51.5 Å². The number of amides is 1. The molecule has 0 unspecified atom stereocenters. The Kier molecular flexibility index (Phi) is 10.5. The van der Waals surface area contributed by atoms with Gasteiger partial charge in [-0.15, -0.1) is 0 Å². The summed E-state index contributed by atoms with van der Waals surface area (Å²) < 4.78 is 18.0. The third kappa shape index (κ3) is 7.70. The molecule has 10 heteroatoms. The lowest BCUT2D eigenvalue weighted by atomic mass is 10.1. The number of esters is 1. The molecule has 1 aliphatic heterocycles. The van der Waals surface area contributed by atoms with Gasteiger partial charge >= 0.3 is 5.97 Å². The second kappa shape index (κ2) is 13.3. The van der Waals surface area contributed by atoms with Crippen molar-refractivity contribution in [1.29, 1.82) is 0 Å². The molecule has 0 saturated carbocycles. The Bertz CT molecular complexity index is 1120. The first-order valence-electron chi connectivity index (χ1n) is 11.1. The predicted octanol–water partition coefficient (Wildman–Crippen LogP) is 6.62. The van der Waals surface area contributed by atoms with E-state index < -0.39 is 0 Å². The molecule has 35 heavy (non-hydrogen) atoms. The molecular formula is C25H25BrClNO5S2. The Labute approximate surface area is 228 Å². The number of benzene rings is 2. The number of ether oxygens (including phenoxy) is 3. The highest BCUT2D eigenvalue weighted by Crippen LogP contribution is 2.40. The zero-order valence-corrected chi connectivity index (χ0v) is 23.3. The Morgan fingerprint density at radius 3 is 2.60 bits per heavy atom. The summed E-state index contributed by atoms with van der Waals surface area (Å²) in [6.45, 7) is 5.16. The third-order valence-corrected chi connectivity index (χ3v) is 7.09. The van der Waals surface area contributed by atoms with Crippen molar-refractivity contribution in [3.63, 3.8) is 0 Å². The van der Waals surface area contributed by atoms with E-state index in [9.17, 15) is 9.59 Å². The second-order valence-electron chi connectivity index (χ2n) is 7.42. The molecule has 0 atom stereocenters. The second-order valence-corrected chi connectivity index (χ2v) is 10.4. The van der Waals surface area contributed by atoms with Crippen molar-refractivity contribution in [2.45, 2.75) is 33.3 Å². The van der Waals surface area contributed by atoms with E-state index in [-0.39, 0.29) is 18.3 Å². The van der Waals surface area contributed by atoms with Gasteiger partial charge in [0.2, 0.25) is 0 Å². The molecule has 1 saturated heterocycles. The Balaban J connectivity index is 1.73. The highest BCUT2D eigenvalue weighted by atomic mass is 79.9. The number of thiocarbonyl (C=S) groups is 1. The van der Waals surface area contributed by atoms with Crippen LogP contribution in [0.25, 0.3) is 6.08 Å². The summed E-state index contributed by atoms with van der Waals surface area (Å²) in [5.74, 6) is 0.679. The summed E-state index contributed by atoms with van der Waals surface area (Å²) in [6.07, 6.45) is 2.51. The van der Waals surface area contributed by atoms with Crippen molar-refractivity contribution in [2.24, 2.45) is 0 Å². The van der Waals surface area contributed by atoms with Gasteiger partial charge in [0.05, 0.1) is 22.6 Å². The lowest BCUT2D eigenvalue weighted by Crippen LogP contribution is -2.29. The SMILES string of the molecule is CCOC(=O)CCCN1C(=O)/C(=C/c2cc(Br)c(OCc3ccc(Cl)cc3)c(OCC)c2)SC1=S. The minimum atomic E-state index is -0.278. The molecular weight excluding hydrogens is 574 g/mol. The summed E-state index contributed by atoms with van der Waals surface area (Å²) >= 11 is 16.2. The van der Waals surface area contributed by atoms with Crippen LogP contribution in [0.4, 0.5) is 0 Å². The maximum absolute atomic E-state index is 12.9. The molecule has 0 aliphatic carbocycles. The molecule has 1 fully saturated rings. The molecule has 2 aromatic rings. The van der Waals surface area contributed by atoms with Crippen molar-refractivity contribution >= 4 is 73.8 Å². The Morgan fingerprint density at radius 1 is 1.17 bits per heavy atom. The van der Waals surface area contributed by atoms with Crippen LogP contribution in [0.3, 0.4) is 0 Å². The largest absolute Gasteiger partial charge is 0.490 e. The lowest BCUT2D eigenvalue weighted by Gasteiger charge is -2.15. The molecule has 0 N–H and O–H groups in total. The van der Waals surface area contributed by atoms with Gasteiger partial charge in [0.1, 0.15) is 10.9 Å². The van der Waals surface area contributed by atoms with Crippen LogP contribution in [0.1, 0.15) is 37.8 Å². The average molecular weight is 599 g/mol. The van der Waals surface area contributed by atoms with Gasteiger partial charge in [0.15, 0.2) is 11.5 Å². The van der Waals surface area contributed by atoms with Crippen LogP contribution in [0.2, 0.25) is 5.02 Å². The monoisotopic (exact) mass is 597 g/mol. The number of rotatable bonds is 11. The van der Waals surface area contributed by atoms with E-state index in [0.717, 1.165) is 11.1 Å². The van der Waals surface area contributed by atoms with Gasteiger partial charge in [0, 0.05) is 18.0 Å². The van der Waals surface area contributed by atoms with E-state index >= 15 is 0 Å². The van der Waals surface area contributed by atoms with Gasteiger partial charge in [-0.25, -0.2) is 0 Å². The molecule has 2 aromatic carbocycles. The van der Waals surface area contributed by atoms with Crippen molar-refractivity contribution in [3.05, 3.63) is 61.9 Å². The molecule has 0 radical (unpaired) electrons. The van der Waals surface area contributed by atoms with Crippen LogP contribution < -0.4 is 9.47 Å². The maximum atomic E-state index is 12.9. The summed E-state index contributed by atoms with van der Waals surface area (Å²) in [6, 6.07) is 11.1. The van der Waals surface area contributed by atoms with Gasteiger partial charge < -0.3 is 14.2 Å². The van der Waals surface area contributed by atoms with Crippen molar-refractivity contribution in [2.75, 3.05) is 19.8 Å². The number of thioether (sulfide) groups is 1. The van der Waals surface area contributed by atoms with Crippen LogP contribution in [-0.2, 0) is 20.9 Å².